The van der Waals surface area contributed by atoms with Gasteiger partial charge in [0.1, 0.15) is 5.69 Å². The average Bonchev–Trinajstić information content (AvgIpc) is 2.38. The number of piperidine rings is 1. The Hall–Kier alpha value is -1.62. The summed E-state index contributed by atoms with van der Waals surface area (Å²) >= 11 is 0. The Labute approximate surface area is 113 Å². The highest BCUT2D eigenvalue weighted by Gasteiger charge is 2.29. The van der Waals surface area contributed by atoms with Crippen LogP contribution in [0.5, 0.6) is 0 Å². The molecule has 0 aromatic heterocycles. The van der Waals surface area contributed by atoms with Gasteiger partial charge in [0.2, 0.25) is 0 Å². The number of nitrogens with zero attached hydrogens (tertiary/aromatic N) is 2. The number of anilines is 1. The van der Waals surface area contributed by atoms with E-state index in [1.807, 2.05) is 12.1 Å². The number of benzene rings is 1. The molecule has 1 heterocycles. The predicted molar refractivity (Wildman–Crippen MR) is 76.4 cm³/mol. The largest absolute Gasteiger partial charge is 0.366 e. The zero-order valence-electron chi connectivity index (χ0n) is 11.5. The Morgan fingerprint density at radius 3 is 2.89 bits per heavy atom. The highest BCUT2D eigenvalue weighted by molar-refractivity contribution is 5.66. The molecule has 5 heteroatoms. The Morgan fingerprint density at radius 2 is 2.26 bits per heavy atom. The Morgan fingerprint density at radius 1 is 1.53 bits per heavy atom. The van der Waals surface area contributed by atoms with Crippen LogP contribution in [-0.2, 0) is 0 Å². The topological polar surface area (TPSA) is 72.4 Å². The molecule has 2 atom stereocenters. The van der Waals surface area contributed by atoms with Crippen LogP contribution in [0.1, 0.15) is 25.3 Å². The van der Waals surface area contributed by atoms with Crippen LogP contribution in [0.4, 0.5) is 11.4 Å². The third-order valence-electron chi connectivity index (χ3n) is 4.06. The van der Waals surface area contributed by atoms with Gasteiger partial charge in [0.15, 0.2) is 0 Å². The van der Waals surface area contributed by atoms with Crippen molar-refractivity contribution >= 4 is 11.4 Å². The van der Waals surface area contributed by atoms with Crippen LogP contribution >= 0.6 is 0 Å². The number of para-hydroxylation sites is 1. The minimum absolute atomic E-state index is 0.213. The van der Waals surface area contributed by atoms with Crippen molar-refractivity contribution < 1.29 is 4.92 Å². The molecule has 0 aliphatic carbocycles. The van der Waals surface area contributed by atoms with Gasteiger partial charge < -0.3 is 10.6 Å². The van der Waals surface area contributed by atoms with Gasteiger partial charge in [-0.1, -0.05) is 25.5 Å². The minimum atomic E-state index is -0.278. The Balaban J connectivity index is 2.32. The molecule has 0 radical (unpaired) electrons. The molecule has 5 nitrogen and oxygen atoms in total. The second kappa shape index (κ2) is 5.57. The number of nitrogens with two attached hydrogens (primary N) is 1. The van der Waals surface area contributed by atoms with Crippen LogP contribution < -0.4 is 10.6 Å². The molecule has 0 amide bonds. The molecule has 0 saturated carbocycles. The van der Waals surface area contributed by atoms with Crippen molar-refractivity contribution in [2.75, 3.05) is 18.0 Å². The van der Waals surface area contributed by atoms with Gasteiger partial charge in [0.25, 0.3) is 5.69 Å². The summed E-state index contributed by atoms with van der Waals surface area (Å²) in [6, 6.07) is 5.72. The highest BCUT2D eigenvalue weighted by Crippen LogP contribution is 2.34. The first kappa shape index (κ1) is 13.8. The van der Waals surface area contributed by atoms with Crippen LogP contribution in [0.2, 0.25) is 0 Å². The summed E-state index contributed by atoms with van der Waals surface area (Å²) in [4.78, 5) is 13.1. The Kier molecular flexibility index (Phi) is 4.04. The lowest BCUT2D eigenvalue weighted by molar-refractivity contribution is -0.384. The normalized spacial score (nSPS) is 23.4. The van der Waals surface area contributed by atoms with E-state index in [1.165, 1.54) is 0 Å². The zero-order chi connectivity index (χ0) is 14.0. The summed E-state index contributed by atoms with van der Waals surface area (Å²) in [7, 11) is 0. The van der Waals surface area contributed by atoms with Crippen molar-refractivity contribution in [2.24, 2.45) is 11.7 Å². The van der Waals surface area contributed by atoms with Gasteiger partial charge in [-0.15, -0.1) is 0 Å². The van der Waals surface area contributed by atoms with Crippen molar-refractivity contribution in [3.8, 4) is 0 Å². The lowest BCUT2D eigenvalue weighted by atomic mass is 9.90. The number of hydrogen-bond acceptors (Lipinski definition) is 4. The van der Waals surface area contributed by atoms with Gasteiger partial charge >= 0.3 is 0 Å². The van der Waals surface area contributed by atoms with Gasteiger partial charge in [-0.3, -0.25) is 10.1 Å². The average molecular weight is 263 g/mol. The van der Waals surface area contributed by atoms with E-state index in [1.54, 1.807) is 13.0 Å². The second-order valence-corrected chi connectivity index (χ2v) is 5.27. The van der Waals surface area contributed by atoms with Crippen LogP contribution in [0.25, 0.3) is 0 Å². The van der Waals surface area contributed by atoms with E-state index in [2.05, 4.69) is 11.8 Å². The third-order valence-corrected chi connectivity index (χ3v) is 4.06. The van der Waals surface area contributed by atoms with Crippen LogP contribution in [0.15, 0.2) is 18.2 Å². The highest BCUT2D eigenvalue weighted by atomic mass is 16.6. The van der Waals surface area contributed by atoms with Gasteiger partial charge in [-0.25, -0.2) is 0 Å². The fraction of sp³-hybridized carbons (Fsp3) is 0.571. The van der Waals surface area contributed by atoms with E-state index >= 15 is 0 Å². The smallest absolute Gasteiger partial charge is 0.295 e. The Bertz CT molecular complexity index is 476. The fourth-order valence-corrected chi connectivity index (χ4v) is 2.84. The number of nitro groups is 1. The van der Waals surface area contributed by atoms with E-state index in [0.29, 0.717) is 11.5 Å². The maximum Gasteiger partial charge on any atom is 0.295 e. The van der Waals surface area contributed by atoms with E-state index in [-0.39, 0.29) is 16.7 Å². The summed E-state index contributed by atoms with van der Waals surface area (Å²) in [6.45, 7) is 5.51. The molecule has 0 bridgehead atoms. The van der Waals surface area contributed by atoms with Gasteiger partial charge in [0.05, 0.1) is 4.92 Å². The summed E-state index contributed by atoms with van der Waals surface area (Å²) in [5.41, 5.74) is 7.77. The quantitative estimate of drug-likeness (QED) is 0.671. The summed E-state index contributed by atoms with van der Waals surface area (Å²) in [5.74, 6) is 0.411. The molecule has 2 N–H and O–H groups in total. The number of rotatable bonds is 3. The number of hydrogen-bond donors (Lipinski definition) is 1. The molecule has 1 aromatic rings. The molecule has 1 aliphatic heterocycles. The molecule has 1 aromatic carbocycles. The lowest BCUT2D eigenvalue weighted by Gasteiger charge is -2.37. The fourth-order valence-electron chi connectivity index (χ4n) is 2.84. The van der Waals surface area contributed by atoms with E-state index in [9.17, 15) is 10.1 Å². The molecule has 0 spiro atoms. The zero-order valence-corrected chi connectivity index (χ0v) is 11.5. The maximum atomic E-state index is 11.3. The molecule has 1 saturated heterocycles. The van der Waals surface area contributed by atoms with Crippen molar-refractivity contribution in [3.05, 3.63) is 33.9 Å². The summed E-state index contributed by atoms with van der Waals surface area (Å²) in [6.07, 6.45) is 1.90. The van der Waals surface area contributed by atoms with E-state index in [4.69, 9.17) is 5.73 Å². The maximum absolute atomic E-state index is 11.3. The van der Waals surface area contributed by atoms with Crippen molar-refractivity contribution in [1.82, 2.24) is 0 Å². The second-order valence-electron chi connectivity index (χ2n) is 5.27. The van der Waals surface area contributed by atoms with Crippen molar-refractivity contribution in [1.29, 1.82) is 0 Å². The molecular weight excluding hydrogens is 242 g/mol. The van der Waals surface area contributed by atoms with Gasteiger partial charge in [-0.2, -0.15) is 0 Å². The first-order valence-electron chi connectivity index (χ1n) is 6.79. The first-order chi connectivity index (χ1) is 9.04. The predicted octanol–water partition coefficient (Wildman–Crippen LogP) is 2.47. The van der Waals surface area contributed by atoms with Crippen molar-refractivity contribution in [2.45, 2.75) is 32.7 Å². The molecule has 2 unspecified atom stereocenters. The van der Waals surface area contributed by atoms with Gasteiger partial charge in [0, 0.05) is 24.7 Å². The number of aryl methyl sites for hydroxylation is 1. The van der Waals surface area contributed by atoms with E-state index in [0.717, 1.165) is 31.6 Å². The molecule has 19 heavy (non-hydrogen) atoms. The SMILES string of the molecule is CCC1CN(c2cccc(C)c2[N+](=O)[O-])CCC1N. The number of nitro benzene ring substituents is 1. The molecule has 1 aliphatic rings. The monoisotopic (exact) mass is 263 g/mol. The van der Waals surface area contributed by atoms with Gasteiger partial charge in [-0.05, 0) is 25.3 Å². The molecule has 1 fully saturated rings. The summed E-state index contributed by atoms with van der Waals surface area (Å²) < 4.78 is 0. The molecule has 2 rings (SSSR count). The van der Waals surface area contributed by atoms with Crippen LogP contribution in [0.3, 0.4) is 0 Å². The minimum Gasteiger partial charge on any atom is -0.366 e. The van der Waals surface area contributed by atoms with Crippen LogP contribution in [-0.4, -0.2) is 24.1 Å². The summed E-state index contributed by atoms with van der Waals surface area (Å²) in [5, 5.41) is 11.3. The molecule has 104 valence electrons. The van der Waals surface area contributed by atoms with Crippen molar-refractivity contribution in [3.63, 3.8) is 0 Å². The lowest BCUT2D eigenvalue weighted by Crippen LogP contribution is -2.47. The third kappa shape index (κ3) is 2.71. The molecular formula is C14H21N3O2. The first-order valence-corrected chi connectivity index (χ1v) is 6.79. The van der Waals surface area contributed by atoms with Crippen LogP contribution in [0, 0.1) is 23.0 Å². The van der Waals surface area contributed by atoms with E-state index < -0.39 is 0 Å². The standard InChI is InChI=1S/C14H21N3O2/c1-3-11-9-16(8-7-12(11)15)13-6-4-5-10(2)14(13)17(18)19/h4-6,11-12H,3,7-9,15H2,1-2H3.